The van der Waals surface area contributed by atoms with Crippen molar-refractivity contribution in [2.24, 2.45) is 0 Å². The van der Waals surface area contributed by atoms with Crippen LogP contribution in [0.4, 0.5) is 0 Å². The van der Waals surface area contributed by atoms with E-state index in [1.54, 1.807) is 6.20 Å². The Bertz CT molecular complexity index is 608. The van der Waals surface area contributed by atoms with E-state index in [0.717, 1.165) is 24.1 Å². The van der Waals surface area contributed by atoms with Crippen LogP contribution in [0.5, 0.6) is 0 Å². The Kier molecular flexibility index (Phi) is 5.03. The highest BCUT2D eigenvalue weighted by molar-refractivity contribution is 5.94. The first-order chi connectivity index (χ1) is 10.1. The molecule has 0 spiro atoms. The molecule has 0 aliphatic rings. The number of nitrogens with one attached hydrogen (secondary N) is 1. The van der Waals surface area contributed by atoms with Gasteiger partial charge in [0.25, 0.3) is 5.91 Å². The Labute approximate surface area is 124 Å². The molecule has 1 amide bonds. The van der Waals surface area contributed by atoms with Gasteiger partial charge in [0.15, 0.2) is 0 Å². The van der Waals surface area contributed by atoms with Gasteiger partial charge in [0, 0.05) is 18.9 Å². The van der Waals surface area contributed by atoms with E-state index in [0.29, 0.717) is 12.1 Å². The third kappa shape index (κ3) is 3.87. The van der Waals surface area contributed by atoms with Crippen molar-refractivity contribution in [3.63, 3.8) is 0 Å². The van der Waals surface area contributed by atoms with Gasteiger partial charge in [-0.15, -0.1) is 0 Å². The summed E-state index contributed by atoms with van der Waals surface area (Å²) in [6.07, 6.45) is 8.56. The molecule has 6 heteroatoms. The molecule has 0 saturated heterocycles. The molecule has 0 aliphatic carbocycles. The average molecular weight is 287 g/mol. The third-order valence-electron chi connectivity index (χ3n) is 3.27. The predicted octanol–water partition coefficient (Wildman–Crippen LogP) is 1.93. The van der Waals surface area contributed by atoms with Crippen molar-refractivity contribution in [2.45, 2.75) is 39.7 Å². The molecule has 0 radical (unpaired) electrons. The first kappa shape index (κ1) is 15.2. The van der Waals surface area contributed by atoms with Crippen molar-refractivity contribution >= 4 is 5.91 Å². The molecule has 0 saturated carbocycles. The van der Waals surface area contributed by atoms with Crippen molar-refractivity contribution in [3.8, 4) is 0 Å². The number of nitrogens with zero attached hydrogens (tertiary/aromatic N) is 4. The van der Waals surface area contributed by atoms with Gasteiger partial charge < -0.3 is 5.32 Å². The summed E-state index contributed by atoms with van der Waals surface area (Å²) in [6.45, 7) is 6.58. The molecule has 1 unspecified atom stereocenters. The smallest absolute Gasteiger partial charge is 0.254 e. The number of rotatable bonds is 6. The minimum Gasteiger partial charge on any atom is -0.350 e. The van der Waals surface area contributed by atoms with Gasteiger partial charge in [0.2, 0.25) is 0 Å². The van der Waals surface area contributed by atoms with Crippen LogP contribution in [0, 0.1) is 6.92 Å². The van der Waals surface area contributed by atoms with Gasteiger partial charge in [-0.2, -0.15) is 5.10 Å². The normalized spacial score (nSPS) is 12.1. The SMILES string of the molecule is CCCc1ncncc1C(=O)NCC(C)n1cc(C)cn1. The number of hydrogen-bond donors (Lipinski definition) is 1. The highest BCUT2D eigenvalue weighted by atomic mass is 16.1. The van der Waals surface area contributed by atoms with Crippen LogP contribution in [-0.2, 0) is 6.42 Å². The molecule has 1 N–H and O–H groups in total. The van der Waals surface area contributed by atoms with Crippen LogP contribution in [0.1, 0.15) is 47.9 Å². The van der Waals surface area contributed by atoms with Crippen LogP contribution < -0.4 is 5.32 Å². The van der Waals surface area contributed by atoms with Crippen LogP contribution in [0.25, 0.3) is 0 Å². The molecule has 0 fully saturated rings. The highest BCUT2D eigenvalue weighted by Gasteiger charge is 2.14. The van der Waals surface area contributed by atoms with Crippen LogP contribution in [0.3, 0.4) is 0 Å². The van der Waals surface area contributed by atoms with Crippen molar-refractivity contribution in [1.82, 2.24) is 25.1 Å². The molecule has 0 aromatic carbocycles. The second-order valence-electron chi connectivity index (χ2n) is 5.19. The van der Waals surface area contributed by atoms with E-state index in [1.807, 2.05) is 30.9 Å². The van der Waals surface area contributed by atoms with Gasteiger partial charge in [0.05, 0.1) is 23.5 Å². The molecule has 6 nitrogen and oxygen atoms in total. The lowest BCUT2D eigenvalue weighted by atomic mass is 10.1. The second kappa shape index (κ2) is 6.97. The van der Waals surface area contributed by atoms with E-state index >= 15 is 0 Å². The molecule has 2 heterocycles. The number of carbonyl (C=O) groups is 1. The standard InChI is InChI=1S/C15H21N5O/c1-4-5-14-13(8-16-10-18-14)15(21)17-7-12(3)20-9-11(2)6-19-20/h6,8-10,12H,4-5,7H2,1-3H3,(H,17,21). The number of amides is 1. The number of carbonyl (C=O) groups excluding carboxylic acids is 1. The Hall–Kier alpha value is -2.24. The number of hydrogen-bond acceptors (Lipinski definition) is 4. The van der Waals surface area contributed by atoms with Crippen molar-refractivity contribution in [1.29, 1.82) is 0 Å². The molecule has 2 rings (SSSR count). The maximum Gasteiger partial charge on any atom is 0.254 e. The van der Waals surface area contributed by atoms with Crippen molar-refractivity contribution in [2.75, 3.05) is 6.54 Å². The quantitative estimate of drug-likeness (QED) is 0.881. The summed E-state index contributed by atoms with van der Waals surface area (Å²) in [7, 11) is 0. The van der Waals surface area contributed by atoms with Gasteiger partial charge in [-0.05, 0) is 25.8 Å². The van der Waals surface area contributed by atoms with Gasteiger partial charge in [-0.3, -0.25) is 9.48 Å². The predicted molar refractivity (Wildman–Crippen MR) is 80.0 cm³/mol. The Morgan fingerprint density at radius 3 is 2.90 bits per heavy atom. The summed E-state index contributed by atoms with van der Waals surface area (Å²) in [6, 6.07) is 0.0990. The molecular weight excluding hydrogens is 266 g/mol. The Morgan fingerprint density at radius 2 is 2.24 bits per heavy atom. The Balaban J connectivity index is 1.98. The zero-order valence-electron chi connectivity index (χ0n) is 12.7. The largest absolute Gasteiger partial charge is 0.350 e. The van der Waals surface area contributed by atoms with Crippen LogP contribution in [-0.4, -0.2) is 32.2 Å². The topological polar surface area (TPSA) is 72.7 Å². The van der Waals surface area contributed by atoms with E-state index in [-0.39, 0.29) is 11.9 Å². The lowest BCUT2D eigenvalue weighted by Crippen LogP contribution is -2.30. The monoisotopic (exact) mass is 287 g/mol. The zero-order valence-corrected chi connectivity index (χ0v) is 12.7. The van der Waals surface area contributed by atoms with E-state index < -0.39 is 0 Å². The van der Waals surface area contributed by atoms with Gasteiger partial charge in [0.1, 0.15) is 6.33 Å². The first-order valence-electron chi connectivity index (χ1n) is 7.19. The number of aromatic nitrogens is 4. The van der Waals surface area contributed by atoms with Crippen LogP contribution in [0.15, 0.2) is 24.9 Å². The lowest BCUT2D eigenvalue weighted by Gasteiger charge is -2.14. The van der Waals surface area contributed by atoms with Gasteiger partial charge in [-0.1, -0.05) is 13.3 Å². The maximum absolute atomic E-state index is 12.3. The summed E-state index contributed by atoms with van der Waals surface area (Å²) >= 11 is 0. The average Bonchev–Trinajstić information content (AvgIpc) is 2.92. The highest BCUT2D eigenvalue weighted by Crippen LogP contribution is 2.08. The summed E-state index contributed by atoms with van der Waals surface area (Å²) < 4.78 is 1.85. The minimum absolute atomic E-state index is 0.0990. The minimum atomic E-state index is -0.130. The molecular formula is C15H21N5O. The number of aryl methyl sites for hydroxylation is 2. The summed E-state index contributed by atoms with van der Waals surface area (Å²) in [5.41, 5.74) is 2.46. The molecule has 21 heavy (non-hydrogen) atoms. The first-order valence-corrected chi connectivity index (χ1v) is 7.19. The Morgan fingerprint density at radius 1 is 1.43 bits per heavy atom. The molecule has 2 aromatic rings. The summed E-state index contributed by atoms with van der Waals surface area (Å²) in [4.78, 5) is 20.4. The maximum atomic E-state index is 12.3. The summed E-state index contributed by atoms with van der Waals surface area (Å²) in [5.74, 6) is -0.130. The fraction of sp³-hybridized carbons (Fsp3) is 0.467. The lowest BCUT2D eigenvalue weighted by molar-refractivity contribution is 0.0946. The molecule has 0 bridgehead atoms. The van der Waals surface area contributed by atoms with E-state index in [2.05, 4.69) is 27.3 Å². The zero-order chi connectivity index (χ0) is 15.2. The fourth-order valence-electron chi connectivity index (χ4n) is 2.08. The van der Waals surface area contributed by atoms with E-state index in [1.165, 1.54) is 6.33 Å². The van der Waals surface area contributed by atoms with Gasteiger partial charge in [-0.25, -0.2) is 9.97 Å². The third-order valence-corrected chi connectivity index (χ3v) is 3.27. The molecule has 1 atom stereocenters. The summed E-state index contributed by atoms with van der Waals surface area (Å²) in [5, 5.41) is 7.18. The van der Waals surface area contributed by atoms with Gasteiger partial charge >= 0.3 is 0 Å². The molecule has 0 aliphatic heterocycles. The van der Waals surface area contributed by atoms with E-state index in [9.17, 15) is 4.79 Å². The van der Waals surface area contributed by atoms with Crippen LogP contribution in [0.2, 0.25) is 0 Å². The van der Waals surface area contributed by atoms with Crippen LogP contribution >= 0.6 is 0 Å². The second-order valence-corrected chi connectivity index (χ2v) is 5.19. The van der Waals surface area contributed by atoms with Crippen molar-refractivity contribution in [3.05, 3.63) is 41.7 Å². The van der Waals surface area contributed by atoms with E-state index in [4.69, 9.17) is 0 Å². The molecule has 112 valence electrons. The van der Waals surface area contributed by atoms with Crippen molar-refractivity contribution < 1.29 is 4.79 Å². The fourth-order valence-corrected chi connectivity index (χ4v) is 2.08. The molecule has 2 aromatic heterocycles.